The molecule has 0 aliphatic carbocycles. The minimum absolute atomic E-state index is 0.0664. The number of ether oxygens (including phenoxy) is 1. The molecule has 138 valence electrons. The number of aromatic nitrogens is 4. The molecule has 0 fully saturated rings. The Morgan fingerprint density at radius 2 is 1.96 bits per heavy atom. The Hall–Kier alpha value is -2.42. The minimum atomic E-state index is -0.850. The van der Waals surface area contributed by atoms with Gasteiger partial charge in [0.1, 0.15) is 0 Å². The number of halogens is 1. The van der Waals surface area contributed by atoms with Gasteiger partial charge in [-0.25, -0.2) is 9.78 Å². The number of hydrogen-bond donors (Lipinski definition) is 1. The van der Waals surface area contributed by atoms with Gasteiger partial charge in [-0.2, -0.15) is 0 Å². The van der Waals surface area contributed by atoms with Crippen LogP contribution < -0.4 is 11.2 Å². The lowest BCUT2D eigenvalue weighted by atomic mass is 10.2. The number of aliphatic hydroxyl groups is 1. The molecule has 9 heteroatoms. The van der Waals surface area contributed by atoms with Crippen LogP contribution in [0.1, 0.15) is 5.56 Å². The topological polar surface area (TPSA) is 91.3 Å². The summed E-state index contributed by atoms with van der Waals surface area (Å²) in [5.41, 5.74) is 0.474. The second kappa shape index (κ2) is 7.45. The molecule has 0 saturated heterocycles. The summed E-state index contributed by atoms with van der Waals surface area (Å²) in [6, 6.07) is 7.31. The first-order chi connectivity index (χ1) is 12.4. The maximum atomic E-state index is 12.4. The molecule has 0 spiro atoms. The summed E-state index contributed by atoms with van der Waals surface area (Å²) in [5.74, 6) is 0. The van der Waals surface area contributed by atoms with E-state index in [-0.39, 0.29) is 30.9 Å². The normalized spacial score (nSPS) is 12.6. The molecule has 3 aromatic rings. The summed E-state index contributed by atoms with van der Waals surface area (Å²) >= 11 is 6.06. The van der Waals surface area contributed by atoms with Gasteiger partial charge in [-0.1, -0.05) is 29.8 Å². The number of aryl methyl sites for hydroxylation is 1. The molecule has 8 nitrogen and oxygen atoms in total. The minimum Gasteiger partial charge on any atom is -0.389 e. The molecule has 26 heavy (non-hydrogen) atoms. The van der Waals surface area contributed by atoms with Gasteiger partial charge in [-0.05, 0) is 11.6 Å². The number of nitrogens with zero attached hydrogens (tertiary/aromatic N) is 4. The van der Waals surface area contributed by atoms with Gasteiger partial charge in [0.15, 0.2) is 11.2 Å². The average Bonchev–Trinajstić information content (AvgIpc) is 3.03. The fraction of sp³-hybridized carbons (Fsp3) is 0.353. The molecule has 3 rings (SSSR count). The Morgan fingerprint density at radius 1 is 1.23 bits per heavy atom. The highest BCUT2D eigenvalue weighted by Crippen LogP contribution is 2.16. The standard InChI is InChI=1S/C17H19ClN4O4/c1-20-15-14(16(24)21(2)17(20)25)22(10-19-15)7-12(23)9-26-8-11-5-3-4-6-13(11)18/h3-6,10,12,23H,7-9H2,1-2H3/t12-/m1/s1. The van der Waals surface area contributed by atoms with E-state index in [2.05, 4.69) is 4.98 Å². The smallest absolute Gasteiger partial charge is 0.332 e. The van der Waals surface area contributed by atoms with Gasteiger partial charge in [0, 0.05) is 19.1 Å². The van der Waals surface area contributed by atoms with Crippen molar-refractivity contribution in [1.82, 2.24) is 18.7 Å². The zero-order valence-electron chi connectivity index (χ0n) is 14.4. The molecule has 1 atom stereocenters. The monoisotopic (exact) mass is 378 g/mol. The van der Waals surface area contributed by atoms with E-state index in [0.29, 0.717) is 5.02 Å². The van der Waals surface area contributed by atoms with Crippen molar-refractivity contribution in [2.75, 3.05) is 6.61 Å². The van der Waals surface area contributed by atoms with Crippen molar-refractivity contribution < 1.29 is 9.84 Å². The molecule has 0 amide bonds. The van der Waals surface area contributed by atoms with E-state index in [1.165, 1.54) is 22.5 Å². The Kier molecular flexibility index (Phi) is 5.26. The molecule has 1 aromatic carbocycles. The van der Waals surface area contributed by atoms with Crippen molar-refractivity contribution in [2.45, 2.75) is 19.3 Å². The first kappa shape index (κ1) is 18.4. The van der Waals surface area contributed by atoms with Gasteiger partial charge >= 0.3 is 5.69 Å². The molecular formula is C17H19ClN4O4. The highest BCUT2D eigenvalue weighted by Gasteiger charge is 2.16. The van der Waals surface area contributed by atoms with Crippen LogP contribution in [0.15, 0.2) is 40.2 Å². The van der Waals surface area contributed by atoms with Crippen molar-refractivity contribution in [3.63, 3.8) is 0 Å². The number of hydrogen-bond acceptors (Lipinski definition) is 5. The largest absolute Gasteiger partial charge is 0.389 e. The maximum Gasteiger partial charge on any atom is 0.332 e. The summed E-state index contributed by atoms with van der Waals surface area (Å²) in [5, 5.41) is 10.8. The third kappa shape index (κ3) is 3.44. The Morgan fingerprint density at radius 3 is 2.69 bits per heavy atom. The van der Waals surface area contributed by atoms with E-state index >= 15 is 0 Å². The predicted octanol–water partition coefficient (Wildman–Crippen LogP) is 0.665. The lowest BCUT2D eigenvalue weighted by molar-refractivity contribution is 0.0208. The average molecular weight is 379 g/mol. The Labute approximate surface area is 153 Å². The number of aliphatic hydroxyl groups excluding tert-OH is 1. The van der Waals surface area contributed by atoms with E-state index in [9.17, 15) is 14.7 Å². The molecular weight excluding hydrogens is 360 g/mol. The van der Waals surface area contributed by atoms with Crippen LogP contribution in [0, 0.1) is 0 Å². The van der Waals surface area contributed by atoms with Crippen LogP contribution in [0.4, 0.5) is 0 Å². The lowest BCUT2D eigenvalue weighted by Gasteiger charge is -2.13. The van der Waals surface area contributed by atoms with Gasteiger partial charge < -0.3 is 14.4 Å². The highest BCUT2D eigenvalue weighted by molar-refractivity contribution is 6.31. The third-order valence-corrected chi connectivity index (χ3v) is 4.52. The van der Waals surface area contributed by atoms with Crippen molar-refractivity contribution in [3.8, 4) is 0 Å². The van der Waals surface area contributed by atoms with Gasteiger partial charge in [0.25, 0.3) is 5.56 Å². The van der Waals surface area contributed by atoms with Gasteiger partial charge in [0.2, 0.25) is 0 Å². The van der Waals surface area contributed by atoms with Crippen molar-refractivity contribution in [2.24, 2.45) is 14.1 Å². The maximum absolute atomic E-state index is 12.4. The Bertz CT molecular complexity index is 1050. The summed E-state index contributed by atoms with van der Waals surface area (Å²) in [4.78, 5) is 28.4. The quantitative estimate of drug-likeness (QED) is 0.680. The molecule has 0 radical (unpaired) electrons. The van der Waals surface area contributed by atoms with Crippen LogP contribution >= 0.6 is 11.6 Å². The van der Waals surface area contributed by atoms with Gasteiger partial charge in [0.05, 0.1) is 32.2 Å². The van der Waals surface area contributed by atoms with Crippen molar-refractivity contribution >= 4 is 22.8 Å². The van der Waals surface area contributed by atoms with Crippen LogP contribution in [-0.2, 0) is 32.0 Å². The van der Waals surface area contributed by atoms with Crippen LogP contribution in [0.2, 0.25) is 5.02 Å². The molecule has 0 unspecified atom stereocenters. The Balaban J connectivity index is 1.72. The number of imidazole rings is 1. The molecule has 2 heterocycles. The van der Waals surface area contributed by atoms with Gasteiger partial charge in [-0.15, -0.1) is 0 Å². The molecule has 0 bridgehead atoms. The van der Waals surface area contributed by atoms with Crippen LogP contribution in [-0.4, -0.2) is 36.5 Å². The van der Waals surface area contributed by atoms with Crippen LogP contribution in [0.25, 0.3) is 11.2 Å². The lowest BCUT2D eigenvalue weighted by Crippen LogP contribution is -2.38. The predicted molar refractivity (Wildman–Crippen MR) is 97.3 cm³/mol. The van der Waals surface area contributed by atoms with Crippen LogP contribution in [0.3, 0.4) is 0 Å². The molecule has 0 aliphatic rings. The third-order valence-electron chi connectivity index (χ3n) is 4.15. The molecule has 0 saturated carbocycles. The van der Waals surface area contributed by atoms with Gasteiger partial charge in [-0.3, -0.25) is 13.9 Å². The summed E-state index contributed by atoms with van der Waals surface area (Å²) in [6.07, 6.45) is 0.583. The molecule has 1 N–H and O–H groups in total. The number of fused-ring (bicyclic) bond motifs is 1. The van der Waals surface area contributed by atoms with Crippen molar-refractivity contribution in [3.05, 3.63) is 62.0 Å². The zero-order valence-corrected chi connectivity index (χ0v) is 15.2. The summed E-state index contributed by atoms with van der Waals surface area (Å²) < 4.78 is 9.36. The zero-order chi connectivity index (χ0) is 18.8. The van der Waals surface area contributed by atoms with E-state index in [0.717, 1.165) is 10.1 Å². The molecule has 2 aromatic heterocycles. The van der Waals surface area contributed by atoms with E-state index in [4.69, 9.17) is 16.3 Å². The second-order valence-corrected chi connectivity index (χ2v) is 6.44. The second-order valence-electron chi connectivity index (χ2n) is 6.04. The van der Waals surface area contributed by atoms with E-state index < -0.39 is 17.4 Å². The van der Waals surface area contributed by atoms with E-state index in [1.807, 2.05) is 18.2 Å². The number of rotatable bonds is 6. The van der Waals surface area contributed by atoms with E-state index in [1.54, 1.807) is 13.1 Å². The van der Waals surface area contributed by atoms with Crippen molar-refractivity contribution in [1.29, 1.82) is 0 Å². The first-order valence-corrected chi connectivity index (χ1v) is 8.38. The first-order valence-electron chi connectivity index (χ1n) is 8.00. The fourth-order valence-electron chi connectivity index (χ4n) is 2.74. The SMILES string of the molecule is Cn1c(=O)c2c(ncn2C[C@@H](O)COCc2ccccc2Cl)n(C)c1=O. The highest BCUT2D eigenvalue weighted by atomic mass is 35.5. The number of benzene rings is 1. The fourth-order valence-corrected chi connectivity index (χ4v) is 2.93. The molecule has 0 aliphatic heterocycles. The summed E-state index contributed by atoms with van der Waals surface area (Å²) in [7, 11) is 2.95. The summed E-state index contributed by atoms with van der Waals surface area (Å²) in [6.45, 7) is 0.459. The van der Waals surface area contributed by atoms with Crippen LogP contribution in [0.5, 0.6) is 0 Å².